The number of amides is 2. The van der Waals surface area contributed by atoms with Gasteiger partial charge in [0.2, 0.25) is 5.91 Å². The van der Waals surface area contributed by atoms with E-state index in [4.69, 9.17) is 4.74 Å². The molecule has 0 saturated heterocycles. The first-order valence-electron chi connectivity index (χ1n) is 9.98. The Morgan fingerprint density at radius 3 is 2.71 bits per heavy atom. The molecule has 1 aliphatic heterocycles. The maximum atomic E-state index is 13.3. The molecular weight excluding hydrogens is 358 g/mol. The molecule has 1 heterocycles. The van der Waals surface area contributed by atoms with Gasteiger partial charge >= 0.3 is 0 Å². The van der Waals surface area contributed by atoms with Crippen molar-refractivity contribution in [2.24, 2.45) is 11.8 Å². The van der Waals surface area contributed by atoms with Crippen LogP contribution in [0.5, 0.6) is 5.75 Å². The third-order valence-electron chi connectivity index (χ3n) is 5.44. The van der Waals surface area contributed by atoms with Crippen molar-refractivity contribution in [2.75, 3.05) is 39.1 Å². The van der Waals surface area contributed by atoms with Crippen LogP contribution < -0.4 is 10.1 Å². The number of nitrogens with one attached hydrogen (secondary N) is 1. The maximum Gasteiger partial charge on any atom is 0.258 e. The number of aliphatic hydroxyl groups is 1. The van der Waals surface area contributed by atoms with Crippen LogP contribution in [0.15, 0.2) is 18.2 Å². The number of aliphatic hydroxyl groups excluding tert-OH is 1. The molecule has 2 aliphatic rings. The van der Waals surface area contributed by atoms with Crippen molar-refractivity contribution in [3.8, 4) is 5.75 Å². The highest BCUT2D eigenvalue weighted by Gasteiger charge is 2.35. The van der Waals surface area contributed by atoms with Gasteiger partial charge in [-0.25, -0.2) is 0 Å². The van der Waals surface area contributed by atoms with Gasteiger partial charge in [-0.3, -0.25) is 9.59 Å². The van der Waals surface area contributed by atoms with Crippen molar-refractivity contribution in [3.05, 3.63) is 23.8 Å². The van der Waals surface area contributed by atoms with Crippen LogP contribution in [0.2, 0.25) is 0 Å². The quantitative estimate of drug-likeness (QED) is 0.776. The standard InChI is InChI=1S/C21H31N3O4/c1-13-10-24(14(2)12-25)21(27)16-6-5-7-17(22-20(26)15-8-9-15)19(16)28-18(13)11-23(3)4/h5-7,13-15,18,25H,8-12H2,1-4H3,(H,22,26)/t13-,14-,18+/m1/s1. The van der Waals surface area contributed by atoms with Crippen molar-refractivity contribution in [1.82, 2.24) is 9.80 Å². The molecule has 1 fully saturated rings. The van der Waals surface area contributed by atoms with E-state index in [9.17, 15) is 14.7 Å². The van der Waals surface area contributed by atoms with Crippen LogP contribution in [-0.2, 0) is 4.79 Å². The zero-order valence-corrected chi connectivity index (χ0v) is 17.1. The summed E-state index contributed by atoms with van der Waals surface area (Å²) in [4.78, 5) is 29.4. The Bertz CT molecular complexity index is 732. The molecule has 0 spiro atoms. The summed E-state index contributed by atoms with van der Waals surface area (Å²) in [6.45, 7) is 4.96. The molecule has 2 amide bonds. The minimum absolute atomic E-state index is 0.0238. The number of carbonyl (C=O) groups excluding carboxylic acids is 2. The molecule has 0 unspecified atom stereocenters. The Labute approximate surface area is 166 Å². The number of anilines is 1. The molecule has 0 bridgehead atoms. The van der Waals surface area contributed by atoms with Crippen LogP contribution in [-0.4, -0.2) is 72.7 Å². The van der Waals surface area contributed by atoms with Gasteiger partial charge in [0.05, 0.1) is 23.9 Å². The predicted octanol–water partition coefficient (Wildman–Crippen LogP) is 1.82. The minimum Gasteiger partial charge on any atom is -0.486 e. The third-order valence-corrected chi connectivity index (χ3v) is 5.44. The predicted molar refractivity (Wildman–Crippen MR) is 108 cm³/mol. The van der Waals surface area contributed by atoms with Crippen molar-refractivity contribution in [1.29, 1.82) is 0 Å². The molecule has 7 heteroatoms. The molecule has 3 atom stereocenters. The average Bonchev–Trinajstić information content (AvgIpc) is 3.49. The largest absolute Gasteiger partial charge is 0.486 e. The Hall–Kier alpha value is -2.12. The number of nitrogens with zero attached hydrogens (tertiary/aromatic N) is 2. The van der Waals surface area contributed by atoms with Gasteiger partial charge in [-0.15, -0.1) is 0 Å². The Balaban J connectivity index is 2.02. The van der Waals surface area contributed by atoms with E-state index < -0.39 is 0 Å². The summed E-state index contributed by atoms with van der Waals surface area (Å²) in [5, 5.41) is 12.6. The lowest BCUT2D eigenvalue weighted by Crippen LogP contribution is -2.49. The maximum absolute atomic E-state index is 13.3. The Morgan fingerprint density at radius 1 is 1.39 bits per heavy atom. The molecule has 1 aromatic carbocycles. The minimum atomic E-state index is -0.300. The topological polar surface area (TPSA) is 82.1 Å². The van der Waals surface area contributed by atoms with Crippen LogP contribution in [0, 0.1) is 11.8 Å². The molecule has 2 N–H and O–H groups in total. The van der Waals surface area contributed by atoms with Gasteiger partial charge in [0.25, 0.3) is 5.91 Å². The van der Waals surface area contributed by atoms with Crippen molar-refractivity contribution >= 4 is 17.5 Å². The van der Waals surface area contributed by atoms with Crippen LogP contribution in [0.25, 0.3) is 0 Å². The monoisotopic (exact) mass is 389 g/mol. The summed E-state index contributed by atoms with van der Waals surface area (Å²) in [6.07, 6.45) is 1.65. The van der Waals surface area contributed by atoms with Crippen LogP contribution in [0.3, 0.4) is 0 Å². The van der Waals surface area contributed by atoms with E-state index in [0.717, 1.165) is 12.8 Å². The number of likely N-dealkylation sites (N-methyl/N-ethyl adjacent to an activating group) is 1. The highest BCUT2D eigenvalue weighted by molar-refractivity contribution is 6.02. The first kappa shape index (κ1) is 20.6. The third kappa shape index (κ3) is 4.47. The molecule has 1 aromatic rings. The summed E-state index contributed by atoms with van der Waals surface area (Å²) in [7, 11) is 3.96. The van der Waals surface area contributed by atoms with Gasteiger partial charge in [-0.2, -0.15) is 0 Å². The Kier molecular flexibility index (Phi) is 6.25. The normalized spacial score (nSPS) is 23.5. The fourth-order valence-corrected chi connectivity index (χ4v) is 3.50. The zero-order chi connectivity index (χ0) is 20.4. The lowest BCUT2D eigenvalue weighted by Gasteiger charge is -2.38. The number of hydrogen-bond donors (Lipinski definition) is 2. The number of benzene rings is 1. The van der Waals surface area contributed by atoms with E-state index in [1.54, 1.807) is 23.1 Å². The second-order valence-electron chi connectivity index (χ2n) is 8.33. The van der Waals surface area contributed by atoms with Crippen LogP contribution in [0.4, 0.5) is 5.69 Å². The second-order valence-corrected chi connectivity index (χ2v) is 8.33. The summed E-state index contributed by atoms with van der Waals surface area (Å²) in [5.74, 6) is 0.330. The number of para-hydroxylation sites is 1. The summed E-state index contributed by atoms with van der Waals surface area (Å²) >= 11 is 0. The fraction of sp³-hybridized carbons (Fsp3) is 0.619. The van der Waals surface area contributed by atoms with Gasteiger partial charge in [-0.1, -0.05) is 13.0 Å². The highest BCUT2D eigenvalue weighted by Crippen LogP contribution is 2.37. The van der Waals surface area contributed by atoms with Crippen LogP contribution in [0.1, 0.15) is 37.0 Å². The molecule has 0 aromatic heterocycles. The average molecular weight is 389 g/mol. The molecule has 1 aliphatic carbocycles. The number of carbonyl (C=O) groups is 2. The second kappa shape index (κ2) is 8.49. The zero-order valence-electron chi connectivity index (χ0n) is 17.1. The summed E-state index contributed by atoms with van der Waals surface area (Å²) < 4.78 is 6.36. The molecule has 1 saturated carbocycles. The van der Waals surface area contributed by atoms with Crippen molar-refractivity contribution < 1.29 is 19.4 Å². The summed E-state index contributed by atoms with van der Waals surface area (Å²) in [5.41, 5.74) is 0.960. The molecule has 28 heavy (non-hydrogen) atoms. The molecular formula is C21H31N3O4. The van der Waals surface area contributed by atoms with E-state index in [2.05, 4.69) is 17.1 Å². The molecule has 0 radical (unpaired) electrons. The highest BCUT2D eigenvalue weighted by atomic mass is 16.5. The molecule has 3 rings (SSSR count). The van der Waals surface area contributed by atoms with Crippen LogP contribution >= 0.6 is 0 Å². The Morgan fingerprint density at radius 2 is 2.11 bits per heavy atom. The van der Waals surface area contributed by atoms with Gasteiger partial charge in [0, 0.05) is 24.9 Å². The number of ether oxygens (including phenoxy) is 1. The fourth-order valence-electron chi connectivity index (χ4n) is 3.50. The lowest BCUT2D eigenvalue weighted by molar-refractivity contribution is -0.117. The molecule has 154 valence electrons. The van der Waals surface area contributed by atoms with Crippen molar-refractivity contribution in [3.63, 3.8) is 0 Å². The number of fused-ring (bicyclic) bond motifs is 1. The first-order chi connectivity index (χ1) is 13.3. The van der Waals surface area contributed by atoms with E-state index in [1.165, 1.54) is 0 Å². The SMILES string of the molecule is C[C@@H]1CN([C@H](C)CO)C(=O)c2cccc(NC(=O)C3CC3)c2O[C@H]1CN(C)C. The molecule has 7 nitrogen and oxygen atoms in total. The number of rotatable bonds is 6. The summed E-state index contributed by atoms with van der Waals surface area (Å²) in [6, 6.07) is 4.97. The van der Waals surface area contributed by atoms with Gasteiger partial charge in [0.15, 0.2) is 5.75 Å². The number of hydrogen-bond acceptors (Lipinski definition) is 5. The lowest BCUT2D eigenvalue weighted by atomic mass is 9.99. The van der Waals surface area contributed by atoms with E-state index in [1.807, 2.05) is 21.0 Å². The van der Waals surface area contributed by atoms with Gasteiger partial charge in [-0.05, 0) is 46.0 Å². The van der Waals surface area contributed by atoms with E-state index >= 15 is 0 Å². The van der Waals surface area contributed by atoms with E-state index in [0.29, 0.717) is 30.1 Å². The van der Waals surface area contributed by atoms with Gasteiger partial charge in [0.1, 0.15) is 6.10 Å². The first-order valence-corrected chi connectivity index (χ1v) is 9.98. The van der Waals surface area contributed by atoms with E-state index in [-0.39, 0.29) is 42.4 Å². The van der Waals surface area contributed by atoms with Crippen molar-refractivity contribution in [2.45, 2.75) is 38.8 Å². The van der Waals surface area contributed by atoms with Gasteiger partial charge < -0.3 is 25.0 Å². The smallest absolute Gasteiger partial charge is 0.258 e.